The molecular weight excluding hydrogens is 1170 g/mol. The van der Waals surface area contributed by atoms with Gasteiger partial charge in [0.25, 0.3) is 0 Å². The van der Waals surface area contributed by atoms with Crippen molar-refractivity contribution in [1.29, 1.82) is 0 Å². The Bertz CT molecular complexity index is 3140. The van der Waals surface area contributed by atoms with Gasteiger partial charge < -0.3 is 69.9 Å². The molecule has 91 heavy (non-hydrogen) atoms. The molecule has 3 aromatic carbocycles. The van der Waals surface area contributed by atoms with Gasteiger partial charge >= 0.3 is 24.0 Å². The second kappa shape index (κ2) is 27.9. The maximum absolute atomic E-state index is 14.9. The van der Waals surface area contributed by atoms with Gasteiger partial charge in [-0.1, -0.05) is 112 Å². The highest BCUT2D eigenvalue weighted by Crippen LogP contribution is 2.64. The summed E-state index contributed by atoms with van der Waals surface area (Å²) in [6.45, 7) is 17.6. The first-order chi connectivity index (χ1) is 43.1. The molecule has 0 aromatic heterocycles. The SMILES string of the molecule is CC(=O)O[C@@]12CO[C@@H]1C[C@H](O)[C@@]1(C)C(=O)[C@H](O)C3=C(C)[C@@H](OC(=O)[C@H](O)[C@@H](NC(=O)OC(C)(C)C)c4ccccc4)C[C@@](O)([C@@H](OC(=O)c4ccccc4)[C@H]21)C3(C)C.CN[C@@H](C)C(=O)N[C@H](C(=O)N1CC[C@H]2CCN(CCc3ccccc3)C[C@H]21)C1CCCCC1. The number of amides is 3. The lowest BCUT2D eigenvalue weighted by molar-refractivity contribution is -0.346. The molecule has 4 aliphatic carbocycles. The van der Waals surface area contributed by atoms with E-state index < -0.39 is 112 Å². The van der Waals surface area contributed by atoms with Gasteiger partial charge in [-0.25, -0.2) is 14.4 Å². The van der Waals surface area contributed by atoms with Gasteiger partial charge in [0.15, 0.2) is 17.5 Å². The van der Waals surface area contributed by atoms with Gasteiger partial charge in [0.05, 0.1) is 41.7 Å². The second-order valence-corrected chi connectivity index (χ2v) is 27.9. The van der Waals surface area contributed by atoms with E-state index in [1.807, 2.05) is 6.92 Å². The second-order valence-electron chi connectivity index (χ2n) is 27.9. The molecule has 3 aliphatic heterocycles. The Kier molecular flexibility index (Phi) is 21.1. The summed E-state index contributed by atoms with van der Waals surface area (Å²) in [5.41, 5.74) is -6.76. The van der Waals surface area contributed by atoms with Crippen molar-refractivity contribution >= 4 is 41.6 Å². The fourth-order valence-electron chi connectivity index (χ4n) is 15.6. The maximum Gasteiger partial charge on any atom is 0.408 e. The zero-order valence-electron chi connectivity index (χ0n) is 54.4. The molecule has 21 nitrogen and oxygen atoms in total. The summed E-state index contributed by atoms with van der Waals surface area (Å²) < 4.78 is 29.5. The topological polar surface area (TPSA) is 289 Å². The van der Waals surface area contributed by atoms with Gasteiger partial charge in [-0.2, -0.15) is 0 Å². The van der Waals surface area contributed by atoms with Gasteiger partial charge in [0.2, 0.25) is 11.8 Å². The number of ketones is 1. The highest BCUT2D eigenvalue weighted by molar-refractivity contribution is 5.94. The van der Waals surface area contributed by atoms with E-state index in [0.29, 0.717) is 11.5 Å². The lowest BCUT2D eigenvalue weighted by Gasteiger charge is -2.67. The molecule has 3 saturated carbocycles. The van der Waals surface area contributed by atoms with Crippen LogP contribution in [-0.2, 0) is 54.1 Å². The monoisotopic (exact) mass is 1260 g/mol. The smallest absolute Gasteiger partial charge is 0.408 e. The number of carbonyl (C=O) groups is 7. The van der Waals surface area contributed by atoms with Gasteiger partial charge in [0, 0.05) is 50.9 Å². The Morgan fingerprint density at radius 3 is 2.07 bits per heavy atom. The molecule has 0 radical (unpaired) electrons. The Morgan fingerprint density at radius 2 is 1.46 bits per heavy atom. The van der Waals surface area contributed by atoms with Crippen LogP contribution in [0.15, 0.2) is 102 Å². The lowest BCUT2D eigenvalue weighted by Crippen LogP contribution is -2.81. The molecule has 21 heteroatoms. The molecule has 3 amide bonds. The molecule has 3 heterocycles. The molecule has 0 spiro atoms. The number of Topliss-reactive ketones (excluding diaryl/α,β-unsaturated/α-hetero) is 1. The van der Waals surface area contributed by atoms with Crippen molar-refractivity contribution in [1.82, 2.24) is 25.8 Å². The third-order valence-electron chi connectivity index (χ3n) is 20.9. The van der Waals surface area contributed by atoms with E-state index in [1.165, 1.54) is 44.4 Å². The van der Waals surface area contributed by atoms with Crippen molar-refractivity contribution in [3.8, 4) is 0 Å². The summed E-state index contributed by atoms with van der Waals surface area (Å²) >= 11 is 0. The number of esters is 3. The Morgan fingerprint density at radius 1 is 0.835 bits per heavy atom. The molecule has 7 aliphatic rings. The first-order valence-electron chi connectivity index (χ1n) is 32.4. The van der Waals surface area contributed by atoms with Crippen molar-refractivity contribution in [3.05, 3.63) is 119 Å². The minimum absolute atomic E-state index is 0.0637. The number of benzene rings is 3. The van der Waals surface area contributed by atoms with Crippen LogP contribution < -0.4 is 16.0 Å². The van der Waals surface area contributed by atoms with Gasteiger partial charge in [-0.15, -0.1) is 0 Å². The molecule has 3 aromatic rings. The van der Waals surface area contributed by atoms with Crippen LogP contribution in [0.1, 0.15) is 148 Å². The molecule has 496 valence electrons. The summed E-state index contributed by atoms with van der Waals surface area (Å²) in [5, 5.41) is 57.7. The zero-order chi connectivity index (χ0) is 66.0. The highest BCUT2D eigenvalue weighted by atomic mass is 16.6. The van der Waals surface area contributed by atoms with Crippen molar-refractivity contribution < 1.29 is 77.7 Å². The molecular formula is C70H95N5O16. The number of rotatable bonds is 16. The van der Waals surface area contributed by atoms with Gasteiger partial charge in [-0.05, 0) is 133 Å². The number of piperidine rings is 1. The number of ether oxygens (including phenoxy) is 5. The van der Waals surface area contributed by atoms with Crippen LogP contribution in [0.3, 0.4) is 0 Å². The van der Waals surface area contributed by atoms with E-state index in [-0.39, 0.29) is 65.6 Å². The van der Waals surface area contributed by atoms with Crippen LogP contribution in [-0.4, -0.2) is 183 Å². The summed E-state index contributed by atoms with van der Waals surface area (Å²) in [7, 11) is 1.79. The van der Waals surface area contributed by atoms with Crippen LogP contribution in [0.2, 0.25) is 0 Å². The average molecular weight is 1260 g/mol. The van der Waals surface area contributed by atoms with Crippen LogP contribution >= 0.6 is 0 Å². The average Bonchev–Trinajstić information content (AvgIpc) is 0.951. The van der Waals surface area contributed by atoms with Crippen LogP contribution in [0.4, 0.5) is 4.79 Å². The lowest BCUT2D eigenvalue weighted by atomic mass is 9.44. The number of nitrogens with one attached hydrogen (secondary N) is 3. The number of aliphatic hydroxyl groups is 4. The first-order valence-corrected chi connectivity index (χ1v) is 32.4. The van der Waals surface area contributed by atoms with Gasteiger partial charge in [-0.3, -0.25) is 19.2 Å². The van der Waals surface area contributed by atoms with E-state index in [0.717, 1.165) is 71.6 Å². The highest BCUT2D eigenvalue weighted by Gasteiger charge is 2.78. The number of hydrogen-bond donors (Lipinski definition) is 7. The fraction of sp³-hybridized carbons (Fsp3) is 0.614. The molecule has 3 saturated heterocycles. The standard InChI is InChI=1S/C43H53NO14.C27H42N4O2/c1-22-26(55-37(51)32(48)30(24-15-11-9-12-16-24)44-38(52)58-39(3,4)5)20-43(53)35(56-36(50)25-17-13-10-14-18-25)33-41(8,34(49)31(47)29(22)40(43,6)7)27(46)19-28-42(33,21-54-28)57-23(2)45;1-20(28-2)26(32)29-25(23-11-7-4-8-12-23)27(33)31-18-15-22-14-17-30(19-24(22)31)16-13-21-9-5-3-6-10-21/h9-18,26-28,30-33,35,46-48,53H,19-21H2,1-8H3,(H,44,52);3,5-6,9-10,20,22-25,28H,4,7-8,11-19H2,1-2H3,(H,29,32)/t26-,27-,28+,30-,31+,32+,33-,35-,41+,42-,43+;20-,22+,24+,25-/m00/s1. The molecule has 0 unspecified atom stereocenters. The number of likely N-dealkylation sites (N-methyl/N-ethyl adjacent to an activating group) is 1. The maximum atomic E-state index is 14.9. The number of fused-ring (bicyclic) bond motifs is 6. The Hall–Kier alpha value is -6.59. The molecule has 15 atom stereocenters. The number of carbonyl (C=O) groups excluding carboxylic acids is 7. The van der Waals surface area contributed by atoms with Crippen LogP contribution in [0, 0.1) is 28.6 Å². The largest absolute Gasteiger partial charge is 0.456 e. The molecule has 10 rings (SSSR count). The Labute approximate surface area is 534 Å². The first kappa shape index (κ1) is 68.8. The van der Waals surface area contributed by atoms with Crippen molar-refractivity contribution in [3.63, 3.8) is 0 Å². The third-order valence-corrected chi connectivity index (χ3v) is 20.9. The minimum atomic E-state index is -2.35. The van der Waals surface area contributed by atoms with Crippen molar-refractivity contribution in [2.75, 3.05) is 39.8 Å². The van der Waals surface area contributed by atoms with Crippen molar-refractivity contribution in [2.45, 2.75) is 204 Å². The number of aliphatic hydroxyl groups excluding tert-OH is 3. The normalized spacial score (nSPS) is 30.9. The predicted molar refractivity (Wildman–Crippen MR) is 335 cm³/mol. The number of likely N-dealkylation sites (tertiary alicyclic amines) is 2. The predicted octanol–water partition coefficient (Wildman–Crippen LogP) is 6.08. The van der Waals surface area contributed by atoms with E-state index >= 15 is 0 Å². The summed E-state index contributed by atoms with van der Waals surface area (Å²) in [5.74, 6) is -4.41. The third kappa shape index (κ3) is 14.0. The van der Waals surface area contributed by atoms with E-state index in [9.17, 15) is 54.0 Å². The zero-order valence-corrected chi connectivity index (χ0v) is 54.4. The van der Waals surface area contributed by atoms with Crippen LogP contribution in [0.25, 0.3) is 0 Å². The Balaban J connectivity index is 0.000000250. The van der Waals surface area contributed by atoms with Crippen molar-refractivity contribution in [2.24, 2.45) is 28.6 Å². The van der Waals surface area contributed by atoms with Gasteiger partial charge in [0.1, 0.15) is 41.7 Å². The molecule has 2 bridgehead atoms. The molecule has 6 fully saturated rings. The van der Waals surface area contributed by atoms with E-state index in [2.05, 4.69) is 56.1 Å². The summed E-state index contributed by atoms with van der Waals surface area (Å²) in [6, 6.07) is 24.9. The fourth-order valence-corrected chi connectivity index (χ4v) is 15.6. The number of hydrogen-bond acceptors (Lipinski definition) is 18. The van der Waals surface area contributed by atoms with E-state index in [4.69, 9.17) is 23.7 Å². The van der Waals surface area contributed by atoms with Crippen LogP contribution in [0.5, 0.6) is 0 Å². The summed E-state index contributed by atoms with van der Waals surface area (Å²) in [4.78, 5) is 100. The number of nitrogens with zero attached hydrogens (tertiary/aromatic N) is 2. The minimum Gasteiger partial charge on any atom is -0.456 e. The van der Waals surface area contributed by atoms with E-state index in [1.54, 1.807) is 90.2 Å². The molecule has 7 N–H and O–H groups in total. The quantitative estimate of drug-likeness (QED) is 0.0485. The number of alkyl carbamates (subject to hydrolysis) is 1. The summed E-state index contributed by atoms with van der Waals surface area (Å²) in [6.07, 6.45) is -2.54.